The molecule has 4 N–H and O–H groups in total. The van der Waals surface area contributed by atoms with Crippen LogP contribution in [0.1, 0.15) is 36.2 Å². The van der Waals surface area contributed by atoms with E-state index in [1.807, 2.05) is 32.9 Å². The maximum absolute atomic E-state index is 12.2. The standard InChI is InChI=1S/C14H20N2O2/c1-8-5-4-6-9(15)12(8)13(18)16-10-7-11(17)14(10,2)3/h4-6,10-11,17H,7,15H2,1-3H3,(H,16,18). The number of carbonyl (C=O) groups is 1. The molecular formula is C14H20N2O2. The molecule has 1 aliphatic carbocycles. The van der Waals surface area contributed by atoms with Gasteiger partial charge in [0.2, 0.25) is 0 Å². The maximum atomic E-state index is 12.2. The van der Waals surface area contributed by atoms with Crippen LogP contribution in [-0.4, -0.2) is 23.2 Å². The van der Waals surface area contributed by atoms with E-state index in [1.54, 1.807) is 6.07 Å². The number of aliphatic hydroxyl groups excluding tert-OH is 1. The van der Waals surface area contributed by atoms with Gasteiger partial charge in [0.05, 0.1) is 11.7 Å². The van der Waals surface area contributed by atoms with Gasteiger partial charge in [-0.1, -0.05) is 26.0 Å². The maximum Gasteiger partial charge on any atom is 0.253 e. The molecule has 18 heavy (non-hydrogen) atoms. The minimum absolute atomic E-state index is 0.000920. The van der Waals surface area contributed by atoms with E-state index in [4.69, 9.17) is 5.73 Å². The van der Waals surface area contributed by atoms with Gasteiger partial charge in [-0.15, -0.1) is 0 Å². The Hall–Kier alpha value is -1.55. The number of amides is 1. The zero-order chi connectivity index (χ0) is 13.5. The lowest BCUT2D eigenvalue weighted by Gasteiger charge is -2.49. The molecule has 2 rings (SSSR count). The zero-order valence-corrected chi connectivity index (χ0v) is 11.0. The second-order valence-electron chi connectivity index (χ2n) is 5.64. The molecule has 1 aromatic rings. The molecule has 98 valence electrons. The normalized spacial score (nSPS) is 25.3. The second kappa shape index (κ2) is 4.28. The van der Waals surface area contributed by atoms with Crippen LogP contribution in [0.2, 0.25) is 0 Å². The van der Waals surface area contributed by atoms with Crippen molar-refractivity contribution in [3.63, 3.8) is 0 Å². The number of nitrogens with two attached hydrogens (primary N) is 1. The van der Waals surface area contributed by atoms with Gasteiger partial charge >= 0.3 is 0 Å². The summed E-state index contributed by atoms with van der Waals surface area (Å²) < 4.78 is 0. The Kier molecular flexibility index (Phi) is 3.07. The van der Waals surface area contributed by atoms with Crippen molar-refractivity contribution < 1.29 is 9.90 Å². The first kappa shape index (κ1) is 12.9. The fourth-order valence-corrected chi connectivity index (χ4v) is 2.38. The number of hydrogen-bond acceptors (Lipinski definition) is 3. The van der Waals surface area contributed by atoms with Gasteiger partial charge in [-0.3, -0.25) is 4.79 Å². The summed E-state index contributed by atoms with van der Waals surface area (Å²) in [5, 5.41) is 12.6. The second-order valence-corrected chi connectivity index (χ2v) is 5.64. The van der Waals surface area contributed by atoms with Crippen LogP contribution in [-0.2, 0) is 0 Å². The third-order valence-electron chi connectivity index (χ3n) is 4.05. The SMILES string of the molecule is Cc1cccc(N)c1C(=O)NC1CC(O)C1(C)C. The number of anilines is 1. The number of nitrogens with one attached hydrogen (secondary N) is 1. The number of carbonyl (C=O) groups excluding carboxylic acids is 1. The van der Waals surface area contributed by atoms with Crippen molar-refractivity contribution in [2.45, 2.75) is 39.3 Å². The number of aryl methyl sites for hydroxylation is 1. The third-order valence-corrected chi connectivity index (χ3v) is 4.05. The molecule has 0 bridgehead atoms. The topological polar surface area (TPSA) is 75.4 Å². The van der Waals surface area contributed by atoms with E-state index in [1.165, 1.54) is 0 Å². The molecule has 1 fully saturated rings. The highest BCUT2D eigenvalue weighted by Gasteiger charge is 2.48. The van der Waals surface area contributed by atoms with E-state index in [9.17, 15) is 9.90 Å². The van der Waals surface area contributed by atoms with Crippen molar-refractivity contribution in [2.24, 2.45) is 5.41 Å². The minimum Gasteiger partial charge on any atom is -0.398 e. The van der Waals surface area contributed by atoms with Crippen molar-refractivity contribution in [3.8, 4) is 0 Å². The zero-order valence-electron chi connectivity index (χ0n) is 11.0. The number of rotatable bonds is 2. The van der Waals surface area contributed by atoms with Crippen LogP contribution in [0.15, 0.2) is 18.2 Å². The van der Waals surface area contributed by atoms with Gasteiger partial charge in [0.1, 0.15) is 0 Å². The molecule has 1 saturated carbocycles. The summed E-state index contributed by atoms with van der Waals surface area (Å²) in [6.45, 7) is 5.77. The highest BCUT2D eigenvalue weighted by Crippen LogP contribution is 2.40. The van der Waals surface area contributed by atoms with Crippen LogP contribution in [0.4, 0.5) is 5.69 Å². The molecule has 0 radical (unpaired) electrons. The van der Waals surface area contributed by atoms with E-state index >= 15 is 0 Å². The molecule has 0 aliphatic heterocycles. The van der Waals surface area contributed by atoms with Gasteiger partial charge < -0.3 is 16.2 Å². The Bertz CT molecular complexity index is 462. The number of aliphatic hydroxyl groups is 1. The van der Waals surface area contributed by atoms with E-state index in [2.05, 4.69) is 5.32 Å². The van der Waals surface area contributed by atoms with Gasteiger partial charge in [0.15, 0.2) is 0 Å². The molecule has 0 spiro atoms. The molecule has 0 aromatic heterocycles. The van der Waals surface area contributed by atoms with Crippen LogP contribution in [0.3, 0.4) is 0 Å². The van der Waals surface area contributed by atoms with E-state index in [-0.39, 0.29) is 23.5 Å². The van der Waals surface area contributed by atoms with Gasteiger partial charge in [0, 0.05) is 17.1 Å². The summed E-state index contributed by atoms with van der Waals surface area (Å²) in [5.74, 6) is -0.157. The smallest absolute Gasteiger partial charge is 0.253 e. The molecular weight excluding hydrogens is 228 g/mol. The van der Waals surface area contributed by atoms with Crippen molar-refractivity contribution in [3.05, 3.63) is 29.3 Å². The minimum atomic E-state index is -0.350. The van der Waals surface area contributed by atoms with Crippen LogP contribution in [0.5, 0.6) is 0 Å². The Morgan fingerprint density at radius 2 is 2.17 bits per heavy atom. The number of benzene rings is 1. The van der Waals surface area contributed by atoms with Crippen molar-refractivity contribution in [1.82, 2.24) is 5.32 Å². The predicted molar refractivity (Wildman–Crippen MR) is 71.3 cm³/mol. The van der Waals surface area contributed by atoms with Crippen molar-refractivity contribution in [1.29, 1.82) is 0 Å². The highest BCUT2D eigenvalue weighted by molar-refractivity contribution is 6.00. The Morgan fingerprint density at radius 1 is 1.50 bits per heavy atom. The quantitative estimate of drug-likeness (QED) is 0.694. The third kappa shape index (κ3) is 1.97. The molecule has 2 unspecified atom stereocenters. The lowest BCUT2D eigenvalue weighted by atomic mass is 9.64. The van der Waals surface area contributed by atoms with Crippen LogP contribution >= 0.6 is 0 Å². The lowest BCUT2D eigenvalue weighted by molar-refractivity contribution is -0.0689. The average molecular weight is 248 g/mol. The van der Waals surface area contributed by atoms with E-state index in [0.29, 0.717) is 17.7 Å². The summed E-state index contributed by atoms with van der Waals surface area (Å²) in [4.78, 5) is 12.2. The van der Waals surface area contributed by atoms with Crippen molar-refractivity contribution in [2.75, 3.05) is 5.73 Å². The monoisotopic (exact) mass is 248 g/mol. The summed E-state index contributed by atoms with van der Waals surface area (Å²) in [7, 11) is 0. The first-order valence-electron chi connectivity index (χ1n) is 6.18. The molecule has 1 aliphatic rings. The fourth-order valence-electron chi connectivity index (χ4n) is 2.38. The van der Waals surface area contributed by atoms with Crippen LogP contribution < -0.4 is 11.1 Å². The Labute approximate surface area is 107 Å². The first-order valence-corrected chi connectivity index (χ1v) is 6.18. The van der Waals surface area contributed by atoms with Gasteiger partial charge in [-0.2, -0.15) is 0 Å². The molecule has 0 saturated heterocycles. The lowest BCUT2D eigenvalue weighted by Crippen LogP contribution is -2.61. The molecule has 4 heteroatoms. The molecule has 4 nitrogen and oxygen atoms in total. The number of hydrogen-bond donors (Lipinski definition) is 3. The van der Waals surface area contributed by atoms with Crippen LogP contribution in [0, 0.1) is 12.3 Å². The van der Waals surface area contributed by atoms with Gasteiger partial charge in [0.25, 0.3) is 5.91 Å². The summed E-state index contributed by atoms with van der Waals surface area (Å²) in [6, 6.07) is 5.42. The van der Waals surface area contributed by atoms with Gasteiger partial charge in [-0.25, -0.2) is 0 Å². The highest BCUT2D eigenvalue weighted by atomic mass is 16.3. The summed E-state index contributed by atoms with van der Waals surface area (Å²) in [6.07, 6.45) is 0.252. The molecule has 1 aromatic carbocycles. The summed E-state index contributed by atoms with van der Waals surface area (Å²) in [5.41, 5.74) is 7.47. The summed E-state index contributed by atoms with van der Waals surface area (Å²) >= 11 is 0. The molecule has 2 atom stereocenters. The first-order chi connectivity index (χ1) is 8.34. The van der Waals surface area contributed by atoms with Crippen molar-refractivity contribution >= 4 is 11.6 Å². The Balaban J connectivity index is 2.14. The van der Waals surface area contributed by atoms with E-state index in [0.717, 1.165) is 5.56 Å². The fraction of sp³-hybridized carbons (Fsp3) is 0.500. The largest absolute Gasteiger partial charge is 0.398 e. The predicted octanol–water partition coefficient (Wildman–Crippen LogP) is 1.47. The average Bonchev–Trinajstić information content (AvgIpc) is 2.28. The number of nitrogen functional groups attached to an aromatic ring is 1. The van der Waals surface area contributed by atoms with E-state index < -0.39 is 0 Å². The molecule has 1 amide bonds. The Morgan fingerprint density at radius 3 is 2.67 bits per heavy atom. The molecule has 0 heterocycles. The van der Waals surface area contributed by atoms with Gasteiger partial charge in [-0.05, 0) is 25.0 Å². The van der Waals surface area contributed by atoms with Crippen LogP contribution in [0.25, 0.3) is 0 Å².